The van der Waals surface area contributed by atoms with Crippen molar-refractivity contribution >= 4 is 27.5 Å². The second-order valence-corrected chi connectivity index (χ2v) is 11.2. The van der Waals surface area contributed by atoms with Crippen molar-refractivity contribution in [2.45, 2.75) is 44.6 Å². The Morgan fingerprint density at radius 2 is 1.67 bits per heavy atom. The Balaban J connectivity index is 1.98. The lowest BCUT2D eigenvalue weighted by Crippen LogP contribution is -2.52. The van der Waals surface area contributed by atoms with Crippen molar-refractivity contribution in [3.05, 3.63) is 90.0 Å². The molecule has 8 nitrogen and oxygen atoms in total. The molecule has 0 aromatic heterocycles. The normalized spacial score (nSPS) is 11.9. The van der Waals surface area contributed by atoms with E-state index in [9.17, 15) is 18.0 Å². The number of anilines is 1. The Hall–Kier alpha value is -3.85. The number of nitrogens with zero attached hydrogens (tertiary/aromatic N) is 2. The lowest BCUT2D eigenvalue weighted by atomic mass is 10.1. The standard InChI is InChI=1S/C30H37N3O5S/c1-5-19-31-30(35)24(3)32(20-18-25-10-7-6-8-11-25)29(34)22-33(26-12-9-13-27(21-26)38-4)39(36,37)28-16-14-23(2)15-17-28/h6-17,21,24H,5,18-20,22H2,1-4H3,(H,31,35)/t24-/m0/s1. The minimum absolute atomic E-state index is 0.0632. The van der Waals surface area contributed by atoms with E-state index in [1.54, 1.807) is 43.3 Å². The number of hydrogen-bond donors (Lipinski definition) is 1. The molecule has 2 amide bonds. The zero-order valence-corrected chi connectivity index (χ0v) is 23.8. The summed E-state index contributed by atoms with van der Waals surface area (Å²) >= 11 is 0. The maximum atomic E-state index is 13.9. The van der Waals surface area contributed by atoms with Crippen LogP contribution in [0.3, 0.4) is 0 Å². The first-order valence-electron chi connectivity index (χ1n) is 13.0. The van der Waals surface area contributed by atoms with Crippen LogP contribution in [0.15, 0.2) is 83.8 Å². The minimum Gasteiger partial charge on any atom is -0.497 e. The van der Waals surface area contributed by atoms with E-state index < -0.39 is 28.5 Å². The minimum atomic E-state index is -4.12. The molecule has 0 aliphatic rings. The monoisotopic (exact) mass is 551 g/mol. The molecule has 0 aliphatic heterocycles. The van der Waals surface area contributed by atoms with Gasteiger partial charge >= 0.3 is 0 Å². The molecule has 39 heavy (non-hydrogen) atoms. The van der Waals surface area contributed by atoms with E-state index in [0.29, 0.717) is 18.7 Å². The van der Waals surface area contributed by atoms with Crippen LogP contribution in [0.2, 0.25) is 0 Å². The van der Waals surface area contributed by atoms with Gasteiger partial charge in [0.2, 0.25) is 11.8 Å². The van der Waals surface area contributed by atoms with Gasteiger partial charge in [0.25, 0.3) is 10.0 Å². The maximum absolute atomic E-state index is 13.9. The molecule has 0 fully saturated rings. The fraction of sp³-hybridized carbons (Fsp3) is 0.333. The van der Waals surface area contributed by atoms with Crippen LogP contribution in [-0.2, 0) is 26.0 Å². The molecule has 0 bridgehead atoms. The molecule has 0 heterocycles. The lowest BCUT2D eigenvalue weighted by Gasteiger charge is -2.32. The Morgan fingerprint density at radius 3 is 2.31 bits per heavy atom. The van der Waals surface area contributed by atoms with E-state index in [1.807, 2.05) is 44.2 Å². The molecule has 9 heteroatoms. The molecule has 208 valence electrons. The van der Waals surface area contributed by atoms with Gasteiger partial charge in [-0.15, -0.1) is 0 Å². The molecular formula is C30H37N3O5S. The number of carbonyl (C=O) groups is 2. The molecule has 3 rings (SSSR count). The second-order valence-electron chi connectivity index (χ2n) is 9.32. The highest BCUT2D eigenvalue weighted by Crippen LogP contribution is 2.27. The van der Waals surface area contributed by atoms with Gasteiger partial charge in [-0.3, -0.25) is 13.9 Å². The first-order valence-corrected chi connectivity index (χ1v) is 14.5. The van der Waals surface area contributed by atoms with Crippen LogP contribution < -0.4 is 14.4 Å². The van der Waals surface area contributed by atoms with Gasteiger partial charge in [-0.25, -0.2) is 8.42 Å². The van der Waals surface area contributed by atoms with Gasteiger partial charge in [0.1, 0.15) is 18.3 Å². The average Bonchev–Trinajstić information content (AvgIpc) is 2.95. The number of hydrogen-bond acceptors (Lipinski definition) is 5. The van der Waals surface area contributed by atoms with Crippen molar-refractivity contribution in [2.24, 2.45) is 0 Å². The van der Waals surface area contributed by atoms with E-state index in [1.165, 1.54) is 24.1 Å². The number of rotatable bonds is 13. The van der Waals surface area contributed by atoms with Crippen LogP contribution in [-0.4, -0.2) is 57.9 Å². The number of sulfonamides is 1. The Labute approximate surface area is 231 Å². The van der Waals surface area contributed by atoms with E-state index >= 15 is 0 Å². The smallest absolute Gasteiger partial charge is 0.264 e. The maximum Gasteiger partial charge on any atom is 0.264 e. The molecule has 0 spiro atoms. The topological polar surface area (TPSA) is 96.0 Å². The van der Waals surface area contributed by atoms with Crippen molar-refractivity contribution < 1.29 is 22.7 Å². The van der Waals surface area contributed by atoms with Crippen LogP contribution in [0.4, 0.5) is 5.69 Å². The van der Waals surface area contributed by atoms with Crippen molar-refractivity contribution in [3.63, 3.8) is 0 Å². The number of carbonyl (C=O) groups excluding carboxylic acids is 2. The highest BCUT2D eigenvalue weighted by Gasteiger charge is 2.32. The lowest BCUT2D eigenvalue weighted by molar-refractivity contribution is -0.138. The fourth-order valence-corrected chi connectivity index (χ4v) is 5.50. The molecule has 0 aliphatic carbocycles. The summed E-state index contributed by atoms with van der Waals surface area (Å²) in [4.78, 5) is 28.3. The van der Waals surface area contributed by atoms with Gasteiger partial charge in [0.15, 0.2) is 0 Å². The molecule has 3 aromatic carbocycles. The van der Waals surface area contributed by atoms with E-state index in [-0.39, 0.29) is 23.0 Å². The summed E-state index contributed by atoms with van der Waals surface area (Å²) in [5, 5.41) is 2.85. The first kappa shape index (κ1) is 29.7. The van der Waals surface area contributed by atoms with Gasteiger partial charge < -0.3 is 15.0 Å². The van der Waals surface area contributed by atoms with Crippen LogP contribution in [0.5, 0.6) is 5.75 Å². The van der Waals surface area contributed by atoms with E-state index in [0.717, 1.165) is 21.9 Å². The summed E-state index contributed by atoms with van der Waals surface area (Å²) in [6, 6.07) is 21.9. The van der Waals surface area contributed by atoms with Gasteiger partial charge in [-0.05, 0) is 56.5 Å². The summed E-state index contributed by atoms with van der Waals surface area (Å²) in [7, 11) is -2.63. The molecule has 0 radical (unpaired) electrons. The van der Waals surface area contributed by atoms with E-state index in [4.69, 9.17) is 4.74 Å². The molecule has 1 atom stereocenters. The zero-order chi connectivity index (χ0) is 28.4. The van der Waals surface area contributed by atoms with Gasteiger partial charge in [-0.2, -0.15) is 0 Å². The van der Waals surface area contributed by atoms with Crippen molar-refractivity contribution in [1.82, 2.24) is 10.2 Å². The summed E-state index contributed by atoms with van der Waals surface area (Å²) < 4.78 is 34.1. The summed E-state index contributed by atoms with van der Waals surface area (Å²) in [6.07, 6.45) is 1.27. The Kier molecular flexibility index (Phi) is 10.5. The van der Waals surface area contributed by atoms with Crippen LogP contribution in [0.25, 0.3) is 0 Å². The van der Waals surface area contributed by atoms with Crippen LogP contribution in [0.1, 0.15) is 31.4 Å². The number of benzene rings is 3. The molecule has 0 unspecified atom stereocenters. The SMILES string of the molecule is CCCNC(=O)[C@H](C)N(CCc1ccccc1)C(=O)CN(c1cccc(OC)c1)S(=O)(=O)c1ccc(C)cc1. The van der Waals surface area contributed by atoms with Gasteiger partial charge in [0.05, 0.1) is 17.7 Å². The molecule has 1 N–H and O–H groups in total. The summed E-state index contributed by atoms with van der Waals surface area (Å²) in [5.41, 5.74) is 2.21. The molecule has 0 saturated carbocycles. The fourth-order valence-electron chi connectivity index (χ4n) is 4.10. The van der Waals surface area contributed by atoms with Gasteiger partial charge in [-0.1, -0.05) is 61.0 Å². The number of ether oxygens (including phenoxy) is 1. The Morgan fingerprint density at radius 1 is 0.974 bits per heavy atom. The van der Waals surface area contributed by atoms with E-state index in [2.05, 4.69) is 5.32 Å². The van der Waals surface area contributed by atoms with Crippen molar-refractivity contribution in [3.8, 4) is 5.75 Å². The van der Waals surface area contributed by atoms with Crippen LogP contribution >= 0.6 is 0 Å². The second kappa shape index (κ2) is 13.8. The van der Waals surface area contributed by atoms with Crippen LogP contribution in [0, 0.1) is 6.92 Å². The third kappa shape index (κ3) is 7.83. The summed E-state index contributed by atoms with van der Waals surface area (Å²) in [5.74, 6) is -0.312. The number of nitrogens with one attached hydrogen (secondary N) is 1. The summed E-state index contributed by atoms with van der Waals surface area (Å²) in [6.45, 7) is 5.74. The third-order valence-electron chi connectivity index (χ3n) is 6.43. The predicted molar refractivity (Wildman–Crippen MR) is 153 cm³/mol. The number of amides is 2. The molecule has 3 aromatic rings. The largest absolute Gasteiger partial charge is 0.497 e. The number of aryl methyl sites for hydroxylation is 1. The average molecular weight is 552 g/mol. The third-order valence-corrected chi connectivity index (χ3v) is 8.22. The Bertz CT molecular complexity index is 1340. The first-order chi connectivity index (χ1) is 18.7. The number of methoxy groups -OCH3 is 1. The highest BCUT2D eigenvalue weighted by atomic mass is 32.2. The van der Waals surface area contributed by atoms with Crippen molar-refractivity contribution in [2.75, 3.05) is 31.0 Å². The van der Waals surface area contributed by atoms with Gasteiger partial charge in [0, 0.05) is 19.2 Å². The molecular weight excluding hydrogens is 514 g/mol. The van der Waals surface area contributed by atoms with Crippen molar-refractivity contribution in [1.29, 1.82) is 0 Å². The zero-order valence-electron chi connectivity index (χ0n) is 23.0. The quantitative estimate of drug-likeness (QED) is 0.344. The molecule has 0 saturated heterocycles. The predicted octanol–water partition coefficient (Wildman–Crippen LogP) is 4.18. The highest BCUT2D eigenvalue weighted by molar-refractivity contribution is 7.92.